The molecule has 1 rings (SSSR count). The van der Waals surface area contributed by atoms with E-state index in [4.69, 9.17) is 5.11 Å². The fourth-order valence-corrected chi connectivity index (χ4v) is 2.92. The average Bonchev–Trinajstić information content (AvgIpc) is 2.31. The summed E-state index contributed by atoms with van der Waals surface area (Å²) in [6.07, 6.45) is 0.219. The Kier molecular flexibility index (Phi) is 6.89. The molecule has 3 nitrogen and oxygen atoms in total. The Morgan fingerprint density at radius 1 is 1.42 bits per heavy atom. The third-order valence-corrected chi connectivity index (χ3v) is 4.71. The maximum atomic E-state index is 11.6. The first-order valence-corrected chi connectivity index (χ1v) is 8.02. The molecule has 106 valence electrons. The van der Waals surface area contributed by atoms with Crippen molar-refractivity contribution in [2.75, 3.05) is 12.3 Å². The summed E-state index contributed by atoms with van der Waals surface area (Å²) < 4.78 is 1.09. The zero-order chi connectivity index (χ0) is 14.4. The molecule has 0 aliphatic heterocycles. The Morgan fingerprint density at radius 3 is 2.74 bits per heavy atom. The molecular formula is C14H20BrNO2S. The van der Waals surface area contributed by atoms with E-state index in [0.717, 1.165) is 9.37 Å². The summed E-state index contributed by atoms with van der Waals surface area (Å²) in [5.41, 5.74) is 2.34. The zero-order valence-corrected chi connectivity index (χ0v) is 13.9. The number of aliphatic hydroxyl groups excluding tert-OH is 1. The number of thioether (sulfide) groups is 1. The van der Waals surface area contributed by atoms with Crippen LogP contribution in [0.4, 0.5) is 0 Å². The molecule has 1 atom stereocenters. The van der Waals surface area contributed by atoms with Gasteiger partial charge in [-0.3, -0.25) is 4.79 Å². The van der Waals surface area contributed by atoms with Gasteiger partial charge in [0.25, 0.3) is 0 Å². The molecule has 5 heteroatoms. The van der Waals surface area contributed by atoms with Crippen LogP contribution in [0, 0.1) is 13.8 Å². The topological polar surface area (TPSA) is 49.3 Å². The molecule has 0 heterocycles. The van der Waals surface area contributed by atoms with Gasteiger partial charge in [-0.05, 0) is 50.5 Å². The fourth-order valence-electron chi connectivity index (χ4n) is 1.52. The van der Waals surface area contributed by atoms with Crippen molar-refractivity contribution in [3.63, 3.8) is 0 Å². The quantitative estimate of drug-likeness (QED) is 0.779. The summed E-state index contributed by atoms with van der Waals surface area (Å²) in [5.74, 6) is 0.410. The smallest absolute Gasteiger partial charge is 0.230 e. The van der Waals surface area contributed by atoms with E-state index < -0.39 is 0 Å². The highest BCUT2D eigenvalue weighted by atomic mass is 79.9. The molecule has 0 saturated carbocycles. The van der Waals surface area contributed by atoms with Crippen LogP contribution in [0.3, 0.4) is 0 Å². The first kappa shape index (κ1) is 16.5. The minimum atomic E-state index is -0.371. The number of carbonyl (C=O) groups excluding carboxylic acids is 1. The highest BCUT2D eigenvalue weighted by Crippen LogP contribution is 2.28. The third-order valence-electron chi connectivity index (χ3n) is 2.70. The zero-order valence-electron chi connectivity index (χ0n) is 11.5. The monoisotopic (exact) mass is 345 g/mol. The van der Waals surface area contributed by atoms with E-state index in [0.29, 0.717) is 18.7 Å². The SMILES string of the molecule is Cc1cc(SCC(=O)NCCC(C)O)c(C)cc1Br. The number of benzene rings is 1. The average molecular weight is 346 g/mol. The van der Waals surface area contributed by atoms with Crippen LogP contribution in [0.2, 0.25) is 0 Å². The standard InChI is InChI=1S/C14H20BrNO2S/c1-9-7-13(10(2)6-12(9)15)19-8-14(18)16-5-4-11(3)17/h6-7,11,17H,4-5,8H2,1-3H3,(H,16,18). The lowest BCUT2D eigenvalue weighted by atomic mass is 10.2. The largest absolute Gasteiger partial charge is 0.393 e. The molecule has 0 spiro atoms. The summed E-state index contributed by atoms with van der Waals surface area (Å²) in [6, 6.07) is 4.16. The van der Waals surface area contributed by atoms with Gasteiger partial charge in [-0.15, -0.1) is 11.8 Å². The van der Waals surface area contributed by atoms with Crippen molar-refractivity contribution in [1.82, 2.24) is 5.32 Å². The van der Waals surface area contributed by atoms with E-state index in [1.807, 2.05) is 13.8 Å². The number of rotatable bonds is 6. The predicted octanol–water partition coefficient (Wildman–Crippen LogP) is 3.05. The van der Waals surface area contributed by atoms with Crippen molar-refractivity contribution in [3.05, 3.63) is 27.7 Å². The summed E-state index contributed by atoms with van der Waals surface area (Å²) in [7, 11) is 0. The Labute approximate surface area is 127 Å². The minimum absolute atomic E-state index is 0.00521. The van der Waals surface area contributed by atoms with Gasteiger partial charge in [0.15, 0.2) is 0 Å². The molecule has 1 amide bonds. The lowest BCUT2D eigenvalue weighted by Gasteiger charge is -2.09. The van der Waals surface area contributed by atoms with Gasteiger partial charge in [-0.25, -0.2) is 0 Å². The Hall–Kier alpha value is -0.520. The second-order valence-electron chi connectivity index (χ2n) is 4.64. The van der Waals surface area contributed by atoms with E-state index in [9.17, 15) is 4.79 Å². The maximum Gasteiger partial charge on any atom is 0.230 e. The molecule has 0 bridgehead atoms. The number of amides is 1. The molecule has 0 aromatic heterocycles. The van der Waals surface area contributed by atoms with Crippen molar-refractivity contribution >= 4 is 33.6 Å². The Bertz CT molecular complexity index is 449. The van der Waals surface area contributed by atoms with Crippen LogP contribution in [0.1, 0.15) is 24.5 Å². The Morgan fingerprint density at radius 2 is 2.11 bits per heavy atom. The number of hydrogen-bond donors (Lipinski definition) is 2. The van der Waals surface area contributed by atoms with Crippen LogP contribution in [0.15, 0.2) is 21.5 Å². The van der Waals surface area contributed by atoms with Gasteiger partial charge in [-0.1, -0.05) is 15.9 Å². The molecule has 2 N–H and O–H groups in total. The van der Waals surface area contributed by atoms with Crippen LogP contribution in [-0.4, -0.2) is 29.4 Å². The van der Waals surface area contributed by atoms with Crippen molar-refractivity contribution in [2.24, 2.45) is 0 Å². The molecule has 1 aromatic rings. The van der Waals surface area contributed by atoms with Crippen LogP contribution >= 0.6 is 27.7 Å². The van der Waals surface area contributed by atoms with Gasteiger partial charge in [0.05, 0.1) is 11.9 Å². The van der Waals surface area contributed by atoms with E-state index in [2.05, 4.69) is 33.4 Å². The van der Waals surface area contributed by atoms with Crippen LogP contribution in [0.25, 0.3) is 0 Å². The van der Waals surface area contributed by atoms with Crippen molar-refractivity contribution < 1.29 is 9.90 Å². The van der Waals surface area contributed by atoms with Crippen molar-refractivity contribution in [3.8, 4) is 0 Å². The minimum Gasteiger partial charge on any atom is -0.393 e. The van der Waals surface area contributed by atoms with Crippen molar-refractivity contribution in [2.45, 2.75) is 38.2 Å². The molecule has 1 aromatic carbocycles. The highest BCUT2D eigenvalue weighted by molar-refractivity contribution is 9.10. The second-order valence-corrected chi connectivity index (χ2v) is 6.51. The summed E-state index contributed by atoms with van der Waals surface area (Å²) in [6.45, 7) is 6.32. The third kappa shape index (κ3) is 5.97. The Balaban J connectivity index is 2.44. The maximum absolute atomic E-state index is 11.6. The van der Waals surface area contributed by atoms with Gasteiger partial charge >= 0.3 is 0 Å². The number of nitrogens with one attached hydrogen (secondary N) is 1. The van der Waals surface area contributed by atoms with E-state index >= 15 is 0 Å². The molecule has 0 fully saturated rings. The highest BCUT2D eigenvalue weighted by Gasteiger charge is 2.07. The molecule has 19 heavy (non-hydrogen) atoms. The molecule has 0 aliphatic rings. The fraction of sp³-hybridized carbons (Fsp3) is 0.500. The van der Waals surface area contributed by atoms with Gasteiger partial charge in [0.2, 0.25) is 5.91 Å². The first-order chi connectivity index (χ1) is 8.90. The molecule has 0 radical (unpaired) electrons. The summed E-state index contributed by atoms with van der Waals surface area (Å²) in [4.78, 5) is 12.8. The molecule has 0 aliphatic carbocycles. The van der Waals surface area contributed by atoms with Crippen LogP contribution in [0.5, 0.6) is 0 Å². The lowest BCUT2D eigenvalue weighted by molar-refractivity contribution is -0.118. The number of aryl methyl sites for hydroxylation is 2. The number of halogens is 1. The molecule has 1 unspecified atom stereocenters. The predicted molar refractivity (Wildman–Crippen MR) is 83.6 cm³/mol. The van der Waals surface area contributed by atoms with E-state index in [1.165, 1.54) is 11.1 Å². The van der Waals surface area contributed by atoms with Gasteiger partial charge < -0.3 is 10.4 Å². The van der Waals surface area contributed by atoms with Gasteiger partial charge in [0.1, 0.15) is 0 Å². The van der Waals surface area contributed by atoms with Gasteiger partial charge in [0, 0.05) is 15.9 Å². The van der Waals surface area contributed by atoms with Crippen LogP contribution < -0.4 is 5.32 Å². The number of hydrogen-bond acceptors (Lipinski definition) is 3. The summed E-state index contributed by atoms with van der Waals surface area (Å²) >= 11 is 5.04. The molecular weight excluding hydrogens is 326 g/mol. The molecule has 0 saturated heterocycles. The van der Waals surface area contributed by atoms with E-state index in [-0.39, 0.29) is 12.0 Å². The normalized spacial score (nSPS) is 12.3. The van der Waals surface area contributed by atoms with E-state index in [1.54, 1.807) is 18.7 Å². The lowest BCUT2D eigenvalue weighted by Crippen LogP contribution is -2.27. The van der Waals surface area contributed by atoms with Gasteiger partial charge in [-0.2, -0.15) is 0 Å². The number of carbonyl (C=O) groups is 1. The van der Waals surface area contributed by atoms with Crippen molar-refractivity contribution in [1.29, 1.82) is 0 Å². The second kappa shape index (κ2) is 7.92. The first-order valence-electron chi connectivity index (χ1n) is 6.24. The van der Waals surface area contributed by atoms with Crippen LogP contribution in [-0.2, 0) is 4.79 Å². The number of aliphatic hydroxyl groups is 1. The summed E-state index contributed by atoms with van der Waals surface area (Å²) in [5, 5.41) is 11.9.